The highest BCUT2D eigenvalue weighted by Gasteiger charge is 2.76. The number of hydrogen-bond donors (Lipinski definition) is 1. The maximum Gasteiger partial charge on any atom is 0.251 e. The van der Waals surface area contributed by atoms with Crippen LogP contribution < -0.4 is 4.90 Å². The number of aliphatic hydroxyl groups excluding tert-OH is 1. The minimum Gasteiger partial charge on any atom is -0.394 e. The molecule has 0 aliphatic carbocycles. The second-order valence-electron chi connectivity index (χ2n) is 11.4. The van der Waals surface area contributed by atoms with E-state index >= 15 is 0 Å². The molecule has 7 atom stereocenters. The molecular weight excluding hydrogens is 650 g/mol. The molecule has 0 saturated carbocycles. The van der Waals surface area contributed by atoms with Crippen molar-refractivity contribution in [3.05, 3.63) is 90.5 Å². The van der Waals surface area contributed by atoms with Crippen LogP contribution in [-0.2, 0) is 20.9 Å². The van der Waals surface area contributed by atoms with Gasteiger partial charge in [-0.3, -0.25) is 14.4 Å². The van der Waals surface area contributed by atoms with Gasteiger partial charge in [0.15, 0.2) is 0 Å². The molecule has 7 nitrogen and oxygen atoms in total. The summed E-state index contributed by atoms with van der Waals surface area (Å²) in [5.74, 6) is -1.93. The van der Waals surface area contributed by atoms with Crippen LogP contribution >= 0.6 is 39.3 Å². The molecule has 0 radical (unpaired) electrons. The summed E-state index contributed by atoms with van der Waals surface area (Å²) in [6.45, 7) is 10.3. The van der Waals surface area contributed by atoms with Crippen LogP contribution in [0, 0.1) is 11.8 Å². The summed E-state index contributed by atoms with van der Waals surface area (Å²) in [6, 6.07) is 15.3. The first-order valence-electron chi connectivity index (χ1n) is 14.6. The molecule has 2 aromatic rings. The minimum absolute atomic E-state index is 0.0642. The largest absolute Gasteiger partial charge is 0.394 e. The van der Waals surface area contributed by atoms with Gasteiger partial charge >= 0.3 is 0 Å². The smallest absolute Gasteiger partial charge is 0.251 e. The average Bonchev–Trinajstić information content (AvgIpc) is 3.60. The number of hydrogen-bond acceptors (Lipinski definition) is 5. The third kappa shape index (κ3) is 5.58. The first kappa shape index (κ1) is 31.8. The summed E-state index contributed by atoms with van der Waals surface area (Å²) in [5, 5.41) is 10.8. The van der Waals surface area contributed by atoms with Gasteiger partial charge in [0, 0.05) is 40.4 Å². The number of amides is 3. The summed E-state index contributed by atoms with van der Waals surface area (Å²) in [7, 11) is 0. The van der Waals surface area contributed by atoms with Gasteiger partial charge in [-0.05, 0) is 42.7 Å². The number of fused-ring (bicyclic) bond motifs is 1. The van der Waals surface area contributed by atoms with E-state index in [1.54, 1.807) is 62.9 Å². The highest BCUT2D eigenvalue weighted by molar-refractivity contribution is 9.09. The molecule has 3 aliphatic rings. The number of carbonyl (C=O) groups is 3. The van der Waals surface area contributed by atoms with E-state index in [4.69, 9.17) is 11.6 Å². The first-order chi connectivity index (χ1) is 20.7. The SMILES string of the molecule is C=CCN(Cc1ccccc1)C(=O)[C@H]1[C@H]2C(=O)N([C@@H](CC)CO)C(C(=O)N(CC=C)c3ccc(Cl)cc3)C23CC(Br)[C@@H]1S3. The van der Waals surface area contributed by atoms with Crippen molar-refractivity contribution in [1.29, 1.82) is 0 Å². The van der Waals surface area contributed by atoms with Crippen LogP contribution in [0.25, 0.3) is 0 Å². The topological polar surface area (TPSA) is 81.2 Å². The Bertz CT molecular complexity index is 1370. The lowest BCUT2D eigenvalue weighted by atomic mass is 9.70. The molecule has 2 bridgehead atoms. The van der Waals surface area contributed by atoms with E-state index in [1.807, 2.05) is 37.3 Å². The van der Waals surface area contributed by atoms with Gasteiger partial charge in [0.1, 0.15) is 6.04 Å². The molecule has 228 valence electrons. The molecule has 3 fully saturated rings. The zero-order valence-corrected chi connectivity index (χ0v) is 27.3. The molecule has 3 amide bonds. The number of halogens is 2. The third-order valence-corrected chi connectivity index (χ3v) is 12.4. The Morgan fingerprint density at radius 2 is 1.81 bits per heavy atom. The van der Waals surface area contributed by atoms with Crippen molar-refractivity contribution >= 4 is 62.7 Å². The molecule has 0 aromatic heterocycles. The van der Waals surface area contributed by atoms with Gasteiger partial charge in [0.25, 0.3) is 5.91 Å². The highest BCUT2D eigenvalue weighted by Crippen LogP contribution is 2.68. The van der Waals surface area contributed by atoms with E-state index < -0.39 is 28.7 Å². The predicted molar refractivity (Wildman–Crippen MR) is 176 cm³/mol. The standard InChI is InChI=1S/C33H37BrClN3O4S/c1-4-16-36(19-21-10-8-7-9-11-21)30(40)26-27-31(41)38(23(6-3)20-39)29(33(27)18-25(34)28(26)43-33)32(42)37(17-5-2)24-14-12-22(35)13-15-24/h4-5,7-15,23,25-29,39H,1-2,6,16-20H2,3H3/t23-,25?,26-,27-,28-,29?,33?/m0/s1. The van der Waals surface area contributed by atoms with Gasteiger partial charge in [-0.2, -0.15) is 0 Å². The number of thioether (sulfide) groups is 1. The van der Waals surface area contributed by atoms with Crippen LogP contribution in [0.15, 0.2) is 79.9 Å². The van der Waals surface area contributed by atoms with Crippen LogP contribution in [-0.4, -0.2) is 79.2 Å². The third-order valence-electron chi connectivity index (χ3n) is 8.91. The Balaban J connectivity index is 1.58. The molecule has 43 heavy (non-hydrogen) atoms. The first-order valence-corrected chi connectivity index (χ1v) is 16.8. The minimum atomic E-state index is -0.868. The maximum atomic E-state index is 14.7. The molecule has 1 N–H and O–H groups in total. The summed E-state index contributed by atoms with van der Waals surface area (Å²) < 4.78 is -0.839. The Morgan fingerprint density at radius 3 is 2.42 bits per heavy atom. The van der Waals surface area contributed by atoms with Crippen LogP contribution in [0.1, 0.15) is 25.3 Å². The molecule has 3 unspecified atom stereocenters. The fourth-order valence-corrected chi connectivity index (χ4v) is 10.8. The summed E-state index contributed by atoms with van der Waals surface area (Å²) >= 11 is 11.6. The number of likely N-dealkylation sites (tertiary alicyclic amines) is 1. The summed E-state index contributed by atoms with van der Waals surface area (Å²) in [6.07, 6.45) is 4.38. The average molecular weight is 687 g/mol. The lowest BCUT2D eigenvalue weighted by Gasteiger charge is -2.40. The quantitative estimate of drug-likeness (QED) is 0.242. The maximum absolute atomic E-state index is 14.7. The fourth-order valence-electron chi connectivity index (χ4n) is 7.06. The van der Waals surface area contributed by atoms with E-state index in [2.05, 4.69) is 29.1 Å². The van der Waals surface area contributed by atoms with E-state index in [0.29, 0.717) is 36.6 Å². The van der Waals surface area contributed by atoms with Crippen LogP contribution in [0.2, 0.25) is 5.02 Å². The normalized spacial score (nSPS) is 28.0. The molecule has 1 spiro atoms. The lowest BCUT2D eigenvalue weighted by Crippen LogP contribution is -2.58. The van der Waals surface area contributed by atoms with E-state index in [1.165, 1.54) is 0 Å². The van der Waals surface area contributed by atoms with Crippen molar-refractivity contribution in [2.24, 2.45) is 11.8 Å². The molecule has 3 heterocycles. The van der Waals surface area contributed by atoms with Crippen molar-refractivity contribution in [3.63, 3.8) is 0 Å². The molecule has 10 heteroatoms. The van der Waals surface area contributed by atoms with Gasteiger partial charge in [-0.25, -0.2) is 0 Å². The molecule has 2 aromatic carbocycles. The molecule has 5 rings (SSSR count). The number of benzene rings is 2. The number of nitrogens with zero attached hydrogens (tertiary/aromatic N) is 3. The second kappa shape index (κ2) is 13.2. The van der Waals surface area contributed by atoms with Crippen molar-refractivity contribution in [3.8, 4) is 0 Å². The van der Waals surface area contributed by atoms with E-state index in [0.717, 1.165) is 5.56 Å². The zero-order valence-electron chi connectivity index (χ0n) is 24.1. The Kier molecular flexibility index (Phi) is 9.76. The Morgan fingerprint density at radius 1 is 1.14 bits per heavy atom. The van der Waals surface area contributed by atoms with Crippen LogP contribution in [0.4, 0.5) is 5.69 Å². The van der Waals surface area contributed by atoms with E-state index in [-0.39, 0.29) is 41.0 Å². The number of carbonyl (C=O) groups excluding carboxylic acids is 3. The summed E-state index contributed by atoms with van der Waals surface area (Å²) in [5.41, 5.74) is 1.62. The molecule has 3 saturated heterocycles. The number of alkyl halides is 1. The Labute approximate surface area is 271 Å². The number of anilines is 1. The van der Waals surface area contributed by atoms with Crippen molar-refractivity contribution in [1.82, 2.24) is 9.80 Å². The van der Waals surface area contributed by atoms with Crippen molar-refractivity contribution < 1.29 is 19.5 Å². The second-order valence-corrected chi connectivity index (χ2v) is 14.5. The monoisotopic (exact) mass is 685 g/mol. The highest BCUT2D eigenvalue weighted by atomic mass is 79.9. The number of aliphatic hydroxyl groups is 1. The molecule has 3 aliphatic heterocycles. The van der Waals surface area contributed by atoms with Crippen molar-refractivity contribution in [2.45, 2.75) is 53.2 Å². The summed E-state index contributed by atoms with van der Waals surface area (Å²) in [4.78, 5) is 48.7. The van der Waals surface area contributed by atoms with Gasteiger partial charge in [-0.15, -0.1) is 24.9 Å². The van der Waals surface area contributed by atoms with Gasteiger partial charge < -0.3 is 19.8 Å². The van der Waals surface area contributed by atoms with Crippen LogP contribution in [0.5, 0.6) is 0 Å². The predicted octanol–water partition coefficient (Wildman–Crippen LogP) is 5.31. The van der Waals surface area contributed by atoms with Crippen molar-refractivity contribution in [2.75, 3.05) is 24.6 Å². The van der Waals surface area contributed by atoms with Gasteiger partial charge in [0.2, 0.25) is 11.8 Å². The molecular formula is C33H37BrClN3O4S. The van der Waals surface area contributed by atoms with Gasteiger partial charge in [-0.1, -0.05) is 76.9 Å². The van der Waals surface area contributed by atoms with Crippen LogP contribution in [0.3, 0.4) is 0 Å². The van der Waals surface area contributed by atoms with E-state index in [9.17, 15) is 19.5 Å². The fraction of sp³-hybridized carbons (Fsp3) is 0.424. The lowest BCUT2D eigenvalue weighted by molar-refractivity contribution is -0.145. The Hall–Kier alpha value is -2.59. The van der Waals surface area contributed by atoms with Gasteiger partial charge in [0.05, 0.1) is 29.2 Å². The zero-order chi connectivity index (χ0) is 30.9. The number of rotatable bonds is 12.